The van der Waals surface area contributed by atoms with Crippen LogP contribution in [0, 0.1) is 6.92 Å². The first kappa shape index (κ1) is 26.8. The van der Waals surface area contributed by atoms with Gasteiger partial charge in [0.1, 0.15) is 0 Å². The second-order valence-corrected chi connectivity index (χ2v) is 10.4. The molecule has 0 bridgehead atoms. The smallest absolute Gasteiger partial charge is 0.256 e. The van der Waals surface area contributed by atoms with Gasteiger partial charge in [0, 0.05) is 54.9 Å². The van der Waals surface area contributed by atoms with Crippen molar-refractivity contribution in [3.8, 4) is 0 Å². The summed E-state index contributed by atoms with van der Waals surface area (Å²) >= 11 is 6.09. The van der Waals surface area contributed by atoms with Gasteiger partial charge in [-0.15, -0.1) is 0 Å². The Labute approximate surface area is 224 Å². The highest BCUT2D eigenvalue weighted by molar-refractivity contribution is 6.30. The minimum Gasteiger partial charge on any atom is -0.339 e. The van der Waals surface area contributed by atoms with Gasteiger partial charge in [-0.2, -0.15) is 0 Å². The van der Waals surface area contributed by atoms with Crippen LogP contribution in [0.1, 0.15) is 56.4 Å². The summed E-state index contributed by atoms with van der Waals surface area (Å²) in [5.74, 6) is 0.118. The minimum absolute atomic E-state index is 0.00522. The molecular weight excluding hydrogens is 484 g/mol. The third-order valence-electron chi connectivity index (χ3n) is 6.86. The molecule has 2 heterocycles. The van der Waals surface area contributed by atoms with Crippen LogP contribution in [-0.2, 0) is 6.54 Å². The van der Waals surface area contributed by atoms with Crippen LogP contribution in [0.3, 0.4) is 0 Å². The molecule has 2 aromatic carbocycles. The maximum atomic E-state index is 13.9. The van der Waals surface area contributed by atoms with Crippen molar-refractivity contribution < 1.29 is 9.59 Å². The molecule has 1 saturated heterocycles. The van der Waals surface area contributed by atoms with E-state index in [4.69, 9.17) is 16.6 Å². The number of likely N-dealkylation sites (N-methyl/N-ethyl adjacent to an activating group) is 1. The van der Waals surface area contributed by atoms with Crippen LogP contribution in [0.5, 0.6) is 0 Å². The van der Waals surface area contributed by atoms with E-state index in [1.807, 2.05) is 61.2 Å². The number of nitrogens with zero attached hydrogens (tertiary/aromatic N) is 4. The van der Waals surface area contributed by atoms with Gasteiger partial charge in [0.05, 0.1) is 11.3 Å². The predicted molar refractivity (Wildman–Crippen MR) is 148 cm³/mol. The fraction of sp³-hybridized carbons (Fsp3) is 0.367. The summed E-state index contributed by atoms with van der Waals surface area (Å²) in [6.45, 7) is 5.15. The van der Waals surface area contributed by atoms with E-state index < -0.39 is 0 Å². The van der Waals surface area contributed by atoms with Crippen LogP contribution >= 0.6 is 11.6 Å². The molecule has 2 amide bonds. The molecule has 0 spiro atoms. The Bertz CT molecular complexity index is 1220. The van der Waals surface area contributed by atoms with E-state index in [1.165, 1.54) is 0 Å². The van der Waals surface area contributed by atoms with Crippen molar-refractivity contribution in [2.75, 3.05) is 40.3 Å². The van der Waals surface area contributed by atoms with Crippen LogP contribution in [0.15, 0.2) is 66.7 Å². The third kappa shape index (κ3) is 6.96. The highest BCUT2D eigenvalue weighted by Crippen LogP contribution is 2.31. The second-order valence-electron chi connectivity index (χ2n) is 9.98. The topological polar surface area (TPSA) is 56.8 Å². The largest absolute Gasteiger partial charge is 0.339 e. The van der Waals surface area contributed by atoms with E-state index in [0.29, 0.717) is 42.3 Å². The Balaban J connectivity index is 1.52. The van der Waals surface area contributed by atoms with E-state index >= 15 is 0 Å². The number of hydrogen-bond acceptors (Lipinski definition) is 4. The molecule has 0 saturated carbocycles. The number of carbonyl (C=O) groups is 2. The van der Waals surface area contributed by atoms with E-state index in [1.54, 1.807) is 24.3 Å². The number of benzene rings is 2. The molecule has 6 nitrogen and oxygen atoms in total. The highest BCUT2D eigenvalue weighted by Gasteiger charge is 2.30. The highest BCUT2D eigenvalue weighted by atomic mass is 35.5. The lowest BCUT2D eigenvalue weighted by Crippen LogP contribution is -2.39. The second kappa shape index (κ2) is 12.3. The molecule has 1 aliphatic heterocycles. The zero-order valence-electron chi connectivity index (χ0n) is 21.9. The lowest BCUT2D eigenvalue weighted by molar-refractivity contribution is 0.0698. The van der Waals surface area contributed by atoms with Crippen LogP contribution < -0.4 is 0 Å². The predicted octanol–water partition coefficient (Wildman–Crippen LogP) is 5.27. The number of hydrogen-bond donors (Lipinski definition) is 0. The number of aryl methyl sites for hydroxylation is 1. The average molecular weight is 519 g/mol. The molecule has 3 aromatic rings. The summed E-state index contributed by atoms with van der Waals surface area (Å²) in [5, 5.41) is 0.558. The van der Waals surface area contributed by atoms with Crippen LogP contribution in [0.2, 0.25) is 5.02 Å². The molecule has 0 aliphatic carbocycles. The average Bonchev–Trinajstić information content (AvgIpc) is 2.91. The van der Waals surface area contributed by atoms with Gasteiger partial charge in [0.2, 0.25) is 0 Å². The van der Waals surface area contributed by atoms with Gasteiger partial charge in [-0.1, -0.05) is 48.0 Å². The molecule has 0 unspecified atom stereocenters. The first-order chi connectivity index (χ1) is 17.8. The van der Waals surface area contributed by atoms with Gasteiger partial charge in [-0.3, -0.25) is 14.6 Å². The van der Waals surface area contributed by atoms with Gasteiger partial charge >= 0.3 is 0 Å². The molecule has 1 aromatic heterocycles. The number of aromatic nitrogens is 1. The van der Waals surface area contributed by atoms with Crippen molar-refractivity contribution in [3.63, 3.8) is 0 Å². The van der Waals surface area contributed by atoms with E-state index in [2.05, 4.69) is 17.0 Å². The Kier molecular flexibility index (Phi) is 8.95. The number of likely N-dealkylation sites (tertiary alicyclic amines) is 1. The van der Waals surface area contributed by atoms with Crippen LogP contribution in [-0.4, -0.2) is 71.8 Å². The van der Waals surface area contributed by atoms with Gasteiger partial charge in [0.25, 0.3) is 11.8 Å². The molecule has 0 N–H and O–H groups in total. The Morgan fingerprint density at radius 3 is 2.38 bits per heavy atom. The number of pyridine rings is 1. The van der Waals surface area contributed by atoms with Gasteiger partial charge in [-0.25, -0.2) is 0 Å². The Hall–Kier alpha value is -3.22. The van der Waals surface area contributed by atoms with Crippen molar-refractivity contribution in [2.45, 2.75) is 32.2 Å². The number of piperidine rings is 1. The van der Waals surface area contributed by atoms with E-state index in [0.717, 1.165) is 36.3 Å². The van der Waals surface area contributed by atoms with Crippen LogP contribution in [0.4, 0.5) is 0 Å². The zero-order chi connectivity index (χ0) is 26.4. The normalized spacial score (nSPS) is 14.1. The SMILES string of the molecule is Cc1ccc(C(=O)N(CCN(C)C)Cc2ccccc2)c(C2CCN(C(=O)c3cccc(Cl)c3)CC2)n1. The monoisotopic (exact) mass is 518 g/mol. The maximum Gasteiger partial charge on any atom is 0.256 e. The number of rotatable bonds is 8. The van der Waals surface area contributed by atoms with Crippen molar-refractivity contribution in [2.24, 2.45) is 0 Å². The summed E-state index contributed by atoms with van der Waals surface area (Å²) in [6, 6.07) is 21.0. The number of halogens is 1. The molecule has 0 atom stereocenters. The minimum atomic E-state index is -0.00725. The lowest BCUT2D eigenvalue weighted by atomic mass is 9.89. The molecule has 7 heteroatoms. The lowest BCUT2D eigenvalue weighted by Gasteiger charge is -2.33. The van der Waals surface area contributed by atoms with Crippen molar-refractivity contribution in [1.82, 2.24) is 19.7 Å². The van der Waals surface area contributed by atoms with Crippen LogP contribution in [0.25, 0.3) is 0 Å². The Morgan fingerprint density at radius 2 is 1.70 bits per heavy atom. The fourth-order valence-corrected chi connectivity index (χ4v) is 4.97. The van der Waals surface area contributed by atoms with E-state index in [-0.39, 0.29) is 17.7 Å². The van der Waals surface area contributed by atoms with Crippen molar-refractivity contribution in [3.05, 3.63) is 99.8 Å². The Morgan fingerprint density at radius 1 is 0.973 bits per heavy atom. The van der Waals surface area contributed by atoms with Gasteiger partial charge in [0.15, 0.2) is 0 Å². The first-order valence-electron chi connectivity index (χ1n) is 12.8. The van der Waals surface area contributed by atoms with E-state index in [9.17, 15) is 9.59 Å². The summed E-state index contributed by atoms with van der Waals surface area (Å²) in [5.41, 5.74) is 4.12. The molecule has 37 heavy (non-hydrogen) atoms. The molecule has 0 radical (unpaired) electrons. The molecular formula is C30H35ClN4O2. The molecule has 194 valence electrons. The first-order valence-corrected chi connectivity index (χ1v) is 13.2. The summed E-state index contributed by atoms with van der Waals surface area (Å²) < 4.78 is 0. The van der Waals surface area contributed by atoms with Gasteiger partial charge < -0.3 is 14.7 Å². The zero-order valence-corrected chi connectivity index (χ0v) is 22.6. The number of carbonyl (C=O) groups excluding carboxylic acids is 2. The molecule has 1 fully saturated rings. The third-order valence-corrected chi connectivity index (χ3v) is 7.09. The number of amides is 2. The quantitative estimate of drug-likeness (QED) is 0.408. The van der Waals surface area contributed by atoms with Gasteiger partial charge in [-0.05, 0) is 69.8 Å². The summed E-state index contributed by atoms with van der Waals surface area (Å²) in [7, 11) is 4.03. The van der Waals surface area contributed by atoms with Crippen molar-refractivity contribution >= 4 is 23.4 Å². The fourth-order valence-electron chi connectivity index (χ4n) is 4.78. The standard InChI is InChI=1S/C30H35ClN4O2/c1-22-12-13-27(30(37)35(19-18-33(2)3)21-23-8-5-4-6-9-23)28(32-22)24-14-16-34(17-15-24)29(36)25-10-7-11-26(31)20-25/h4-13,20,24H,14-19,21H2,1-3H3. The molecule has 1 aliphatic rings. The van der Waals surface area contributed by atoms with Crippen molar-refractivity contribution in [1.29, 1.82) is 0 Å². The summed E-state index contributed by atoms with van der Waals surface area (Å²) in [4.78, 5) is 37.7. The maximum absolute atomic E-state index is 13.9. The summed E-state index contributed by atoms with van der Waals surface area (Å²) in [6.07, 6.45) is 1.53. The molecule has 4 rings (SSSR count).